The van der Waals surface area contributed by atoms with E-state index in [0.29, 0.717) is 5.58 Å². The van der Waals surface area contributed by atoms with Crippen LogP contribution in [0.25, 0.3) is 94.2 Å². The summed E-state index contributed by atoms with van der Waals surface area (Å²) in [4.78, 5) is 9.48. The molecule has 3 heterocycles. The van der Waals surface area contributed by atoms with Crippen LogP contribution in [0.15, 0.2) is 181 Å². The molecule has 50 heavy (non-hydrogen) atoms. The lowest BCUT2D eigenvalue weighted by Gasteiger charge is -2.11. The highest BCUT2D eigenvalue weighted by molar-refractivity contribution is 6.11. The quantitative estimate of drug-likeness (QED) is 0.188. The second-order valence-corrected chi connectivity index (χ2v) is 12.6. The molecular formula is C46H29N3O. The van der Waals surface area contributed by atoms with E-state index in [9.17, 15) is 0 Å². The zero-order chi connectivity index (χ0) is 33.0. The number of rotatable bonds is 5. The normalized spacial score (nSPS) is 11.6. The van der Waals surface area contributed by atoms with Crippen LogP contribution in [-0.2, 0) is 0 Å². The minimum Gasteiger partial charge on any atom is -0.451 e. The van der Waals surface area contributed by atoms with Gasteiger partial charge >= 0.3 is 0 Å². The molecule has 10 aromatic rings. The van der Waals surface area contributed by atoms with Gasteiger partial charge in [-0.15, -0.1) is 0 Å². The fourth-order valence-corrected chi connectivity index (χ4v) is 7.37. The van der Waals surface area contributed by atoms with Crippen LogP contribution in [0.2, 0.25) is 0 Å². The molecule has 0 aliphatic rings. The van der Waals surface area contributed by atoms with E-state index >= 15 is 0 Å². The lowest BCUT2D eigenvalue weighted by Crippen LogP contribution is -1.94. The summed E-state index contributed by atoms with van der Waals surface area (Å²) in [5.74, 6) is 0. The van der Waals surface area contributed by atoms with Crippen molar-refractivity contribution in [3.63, 3.8) is 0 Å². The van der Waals surface area contributed by atoms with E-state index in [2.05, 4.69) is 168 Å². The van der Waals surface area contributed by atoms with Gasteiger partial charge in [0, 0.05) is 33.0 Å². The molecule has 0 spiro atoms. The van der Waals surface area contributed by atoms with Crippen LogP contribution in [-0.4, -0.2) is 14.5 Å². The fourth-order valence-electron chi connectivity index (χ4n) is 7.37. The largest absolute Gasteiger partial charge is 0.451 e. The Morgan fingerprint density at radius 1 is 0.400 bits per heavy atom. The predicted octanol–water partition coefficient (Wildman–Crippen LogP) is 12.1. The van der Waals surface area contributed by atoms with Gasteiger partial charge in [-0.2, -0.15) is 0 Å². The summed E-state index contributed by atoms with van der Waals surface area (Å²) in [5.41, 5.74) is 14.3. The number of hydrogen-bond donors (Lipinski definition) is 0. The topological polar surface area (TPSA) is 43.9 Å². The van der Waals surface area contributed by atoms with Gasteiger partial charge in [0.15, 0.2) is 5.58 Å². The Balaban J connectivity index is 1.06. The molecule has 0 unspecified atom stereocenters. The van der Waals surface area contributed by atoms with E-state index in [1.807, 2.05) is 6.07 Å². The Morgan fingerprint density at radius 3 is 1.76 bits per heavy atom. The number of furan rings is 1. The van der Waals surface area contributed by atoms with Gasteiger partial charge in [0.2, 0.25) is 0 Å². The average molecular weight is 640 g/mol. The number of para-hydroxylation sites is 3. The van der Waals surface area contributed by atoms with Gasteiger partial charge in [-0.1, -0.05) is 133 Å². The van der Waals surface area contributed by atoms with Gasteiger partial charge in [-0.3, -0.25) is 0 Å². The number of benzene rings is 7. The van der Waals surface area contributed by atoms with Crippen LogP contribution in [0, 0.1) is 0 Å². The first-order valence-corrected chi connectivity index (χ1v) is 16.8. The summed E-state index contributed by atoms with van der Waals surface area (Å²) in [5, 5.41) is 3.48. The number of nitrogens with zero attached hydrogens (tertiary/aromatic N) is 3. The zero-order valence-corrected chi connectivity index (χ0v) is 27.0. The van der Waals surface area contributed by atoms with E-state index in [4.69, 9.17) is 14.4 Å². The molecule has 0 saturated heterocycles. The number of aromatic nitrogens is 3. The summed E-state index contributed by atoms with van der Waals surface area (Å²) in [6.07, 6.45) is 1.64. The minimum atomic E-state index is 0.687. The third-order valence-corrected chi connectivity index (χ3v) is 9.73. The van der Waals surface area contributed by atoms with Crippen LogP contribution < -0.4 is 0 Å². The maximum absolute atomic E-state index is 6.71. The van der Waals surface area contributed by atoms with Crippen molar-refractivity contribution in [2.24, 2.45) is 0 Å². The predicted molar refractivity (Wildman–Crippen MR) is 205 cm³/mol. The maximum atomic E-state index is 6.71. The molecule has 3 aromatic heterocycles. The van der Waals surface area contributed by atoms with Gasteiger partial charge in [-0.05, 0) is 64.2 Å². The summed E-state index contributed by atoms with van der Waals surface area (Å²) in [6.45, 7) is 0. The van der Waals surface area contributed by atoms with Crippen molar-refractivity contribution in [3.8, 4) is 50.3 Å². The third-order valence-electron chi connectivity index (χ3n) is 9.73. The second-order valence-electron chi connectivity index (χ2n) is 12.6. The molecule has 10 rings (SSSR count). The van der Waals surface area contributed by atoms with Gasteiger partial charge in [-0.25, -0.2) is 9.97 Å². The molecule has 0 radical (unpaired) electrons. The first-order chi connectivity index (χ1) is 24.8. The molecule has 0 bridgehead atoms. The Bertz CT molecular complexity index is 2810. The minimum absolute atomic E-state index is 0.687. The average Bonchev–Trinajstić information content (AvgIpc) is 3.75. The highest BCUT2D eigenvalue weighted by Crippen LogP contribution is 2.39. The zero-order valence-electron chi connectivity index (χ0n) is 27.0. The SMILES string of the molecule is c1ccc(-c2ccc(-c3cccc4c3oc3c(-c5cccc(-c6cccc(-n7c8ccccc8c8ccccc87)c6)c5)ncnc34)cc2)cc1. The van der Waals surface area contributed by atoms with Crippen molar-refractivity contribution in [1.82, 2.24) is 14.5 Å². The van der Waals surface area contributed by atoms with Gasteiger partial charge < -0.3 is 8.98 Å². The first-order valence-electron chi connectivity index (χ1n) is 16.8. The van der Waals surface area contributed by atoms with E-state index in [1.54, 1.807) is 6.33 Å². The van der Waals surface area contributed by atoms with Crippen molar-refractivity contribution in [2.75, 3.05) is 0 Å². The molecule has 0 fully saturated rings. The molecule has 234 valence electrons. The molecule has 0 atom stereocenters. The Labute approximate surface area is 288 Å². The molecule has 0 saturated carbocycles. The van der Waals surface area contributed by atoms with Crippen LogP contribution in [0.4, 0.5) is 0 Å². The van der Waals surface area contributed by atoms with Crippen LogP contribution in [0.3, 0.4) is 0 Å². The molecule has 0 amide bonds. The lowest BCUT2D eigenvalue weighted by molar-refractivity contribution is 0.668. The molecule has 4 heteroatoms. The van der Waals surface area contributed by atoms with E-state index in [1.165, 1.54) is 32.9 Å². The van der Waals surface area contributed by atoms with Crippen LogP contribution in [0.5, 0.6) is 0 Å². The number of hydrogen-bond acceptors (Lipinski definition) is 3. The Hall–Kier alpha value is -6.78. The van der Waals surface area contributed by atoms with Crippen molar-refractivity contribution < 1.29 is 4.42 Å². The summed E-state index contributed by atoms with van der Waals surface area (Å²) in [7, 11) is 0. The first kappa shape index (κ1) is 28.3. The van der Waals surface area contributed by atoms with Crippen molar-refractivity contribution in [1.29, 1.82) is 0 Å². The van der Waals surface area contributed by atoms with Gasteiger partial charge in [0.25, 0.3) is 0 Å². The van der Waals surface area contributed by atoms with Crippen LogP contribution >= 0.6 is 0 Å². The lowest BCUT2D eigenvalue weighted by atomic mass is 9.99. The summed E-state index contributed by atoms with van der Waals surface area (Å²) in [6, 6.07) is 59.9. The molecule has 0 N–H and O–H groups in total. The van der Waals surface area contributed by atoms with Crippen molar-refractivity contribution >= 4 is 43.9 Å². The van der Waals surface area contributed by atoms with E-state index in [0.717, 1.165) is 55.7 Å². The highest BCUT2D eigenvalue weighted by atomic mass is 16.3. The van der Waals surface area contributed by atoms with Gasteiger partial charge in [0.1, 0.15) is 23.1 Å². The summed E-state index contributed by atoms with van der Waals surface area (Å²) < 4.78 is 9.06. The molecule has 0 aliphatic carbocycles. The van der Waals surface area contributed by atoms with E-state index in [-0.39, 0.29) is 0 Å². The maximum Gasteiger partial charge on any atom is 0.180 e. The number of fused-ring (bicyclic) bond motifs is 6. The third kappa shape index (κ3) is 4.54. The van der Waals surface area contributed by atoms with Gasteiger partial charge in [0.05, 0.1) is 11.0 Å². The second kappa shape index (κ2) is 11.4. The Kier molecular flexibility index (Phi) is 6.46. The highest BCUT2D eigenvalue weighted by Gasteiger charge is 2.18. The molecular weight excluding hydrogens is 611 g/mol. The smallest absolute Gasteiger partial charge is 0.180 e. The fraction of sp³-hybridized carbons (Fsp3) is 0. The monoisotopic (exact) mass is 639 g/mol. The standard InChI is InChI=1S/C46H29N3O/c1-2-11-30(12-3-1)31-23-25-32(26-24-31)37-19-10-20-40-44-46(50-45(37)40)43(47-29-48-44)35-15-8-13-33(27-35)34-14-9-16-36(28-34)49-41-21-6-4-17-38(41)39-18-5-7-22-42(39)49/h1-29H. The van der Waals surface area contributed by atoms with E-state index < -0.39 is 0 Å². The van der Waals surface area contributed by atoms with Crippen molar-refractivity contribution in [2.45, 2.75) is 0 Å². The Morgan fingerprint density at radius 2 is 0.980 bits per heavy atom. The van der Waals surface area contributed by atoms with Crippen LogP contribution in [0.1, 0.15) is 0 Å². The summed E-state index contributed by atoms with van der Waals surface area (Å²) >= 11 is 0. The van der Waals surface area contributed by atoms with Crippen molar-refractivity contribution in [3.05, 3.63) is 176 Å². The molecule has 7 aromatic carbocycles. The molecule has 4 nitrogen and oxygen atoms in total. The molecule has 0 aliphatic heterocycles.